The molecule has 1 aliphatic rings. The molecule has 1 saturated heterocycles. The number of nitrogens with one attached hydrogen (secondary N) is 1. The molecule has 1 fully saturated rings. The minimum absolute atomic E-state index is 0.0431. The first-order valence-corrected chi connectivity index (χ1v) is 10.0. The quantitative estimate of drug-likeness (QED) is 0.299. The fourth-order valence-electron chi connectivity index (χ4n) is 2.99. The van der Waals surface area contributed by atoms with Gasteiger partial charge < -0.3 is 20.3 Å². The van der Waals surface area contributed by atoms with Crippen molar-refractivity contribution < 1.29 is 33.8 Å². The van der Waals surface area contributed by atoms with Gasteiger partial charge in [-0.1, -0.05) is 12.1 Å². The smallest absolute Gasteiger partial charge is 0.335 e. The molecule has 0 unspecified atom stereocenters. The summed E-state index contributed by atoms with van der Waals surface area (Å²) in [6.45, 7) is 1.71. The van der Waals surface area contributed by atoms with E-state index in [9.17, 15) is 24.3 Å². The maximum Gasteiger partial charge on any atom is 0.335 e. The van der Waals surface area contributed by atoms with Crippen LogP contribution >= 0.6 is 12.2 Å². The van der Waals surface area contributed by atoms with E-state index in [4.69, 9.17) is 27.4 Å². The summed E-state index contributed by atoms with van der Waals surface area (Å²) < 4.78 is 10.8. The largest absolute Gasteiger partial charge is 0.490 e. The van der Waals surface area contributed by atoms with Gasteiger partial charge in [-0.05, 0) is 61.1 Å². The van der Waals surface area contributed by atoms with Crippen LogP contribution in [0.25, 0.3) is 6.08 Å². The van der Waals surface area contributed by atoms with Crippen LogP contribution in [0.4, 0.5) is 5.69 Å². The SMILES string of the molecule is CCOc1cc(C=C2C(=O)NC(=S)N(c3cccc(C(=O)O)c3)C2=O)ccc1OCC(N)=O. The first-order valence-electron chi connectivity index (χ1n) is 9.64. The van der Waals surface area contributed by atoms with Crippen LogP contribution in [0.3, 0.4) is 0 Å². The Bertz CT molecular complexity index is 1190. The van der Waals surface area contributed by atoms with Crippen LogP contribution in [0.5, 0.6) is 11.5 Å². The molecule has 3 amide bonds. The summed E-state index contributed by atoms with van der Waals surface area (Å²) in [7, 11) is 0. The molecule has 1 aliphatic heterocycles. The van der Waals surface area contributed by atoms with Gasteiger partial charge in [0.25, 0.3) is 17.7 Å². The van der Waals surface area contributed by atoms with Gasteiger partial charge in [0.1, 0.15) is 5.57 Å². The number of amides is 3. The Balaban J connectivity index is 1.97. The highest BCUT2D eigenvalue weighted by atomic mass is 32.1. The molecule has 0 aliphatic carbocycles. The molecule has 1 heterocycles. The number of aromatic carboxylic acids is 1. The van der Waals surface area contributed by atoms with Gasteiger partial charge in [0, 0.05) is 0 Å². The fourth-order valence-corrected chi connectivity index (χ4v) is 3.27. The maximum atomic E-state index is 13.1. The van der Waals surface area contributed by atoms with Crippen molar-refractivity contribution in [3.8, 4) is 11.5 Å². The molecular weight excluding hydrogens is 450 g/mol. The lowest BCUT2D eigenvalue weighted by atomic mass is 10.1. The van der Waals surface area contributed by atoms with Gasteiger partial charge in [-0.15, -0.1) is 0 Å². The Kier molecular flexibility index (Phi) is 7.04. The molecule has 3 rings (SSSR count). The average molecular weight is 469 g/mol. The van der Waals surface area contributed by atoms with Crippen LogP contribution < -0.4 is 25.4 Å². The molecule has 10 nitrogen and oxygen atoms in total. The number of anilines is 1. The van der Waals surface area contributed by atoms with Crippen LogP contribution in [0.15, 0.2) is 48.0 Å². The van der Waals surface area contributed by atoms with E-state index in [0.29, 0.717) is 17.9 Å². The number of nitrogens with two attached hydrogens (primary N) is 1. The van der Waals surface area contributed by atoms with Crippen molar-refractivity contribution in [2.45, 2.75) is 6.92 Å². The van der Waals surface area contributed by atoms with Gasteiger partial charge in [-0.2, -0.15) is 0 Å². The molecule has 0 atom stereocenters. The van der Waals surface area contributed by atoms with Gasteiger partial charge in [0.2, 0.25) is 0 Å². The number of rotatable bonds is 8. The lowest BCUT2D eigenvalue weighted by Gasteiger charge is -2.29. The first-order chi connectivity index (χ1) is 15.7. The van der Waals surface area contributed by atoms with Crippen molar-refractivity contribution in [1.29, 1.82) is 0 Å². The highest BCUT2D eigenvalue weighted by Gasteiger charge is 2.34. The number of benzene rings is 2. The van der Waals surface area contributed by atoms with E-state index in [1.54, 1.807) is 13.0 Å². The van der Waals surface area contributed by atoms with Gasteiger partial charge in [-0.25, -0.2) is 4.79 Å². The van der Waals surface area contributed by atoms with Crippen LogP contribution in [-0.4, -0.2) is 47.1 Å². The maximum absolute atomic E-state index is 13.1. The highest BCUT2D eigenvalue weighted by molar-refractivity contribution is 7.80. The van der Waals surface area contributed by atoms with E-state index in [1.165, 1.54) is 42.5 Å². The zero-order valence-corrected chi connectivity index (χ0v) is 18.2. The zero-order valence-electron chi connectivity index (χ0n) is 17.4. The molecule has 0 spiro atoms. The summed E-state index contributed by atoms with van der Waals surface area (Å²) in [6.07, 6.45) is 1.34. The summed E-state index contributed by atoms with van der Waals surface area (Å²) in [5.41, 5.74) is 5.47. The minimum Gasteiger partial charge on any atom is -0.490 e. The van der Waals surface area contributed by atoms with E-state index < -0.39 is 23.7 Å². The number of hydrogen-bond acceptors (Lipinski definition) is 7. The second-order valence-electron chi connectivity index (χ2n) is 6.71. The first kappa shape index (κ1) is 23.4. The molecule has 11 heteroatoms. The highest BCUT2D eigenvalue weighted by Crippen LogP contribution is 2.30. The van der Waals surface area contributed by atoms with Crippen molar-refractivity contribution in [3.63, 3.8) is 0 Å². The number of ether oxygens (including phenoxy) is 2. The molecule has 0 bridgehead atoms. The van der Waals surface area contributed by atoms with E-state index >= 15 is 0 Å². The third-order valence-electron chi connectivity index (χ3n) is 4.40. The van der Waals surface area contributed by atoms with Gasteiger partial charge in [-0.3, -0.25) is 24.6 Å². The molecule has 170 valence electrons. The second kappa shape index (κ2) is 9.92. The summed E-state index contributed by atoms with van der Waals surface area (Å²) >= 11 is 5.14. The van der Waals surface area contributed by atoms with E-state index in [0.717, 1.165) is 4.90 Å². The van der Waals surface area contributed by atoms with Gasteiger partial charge in [0.05, 0.1) is 17.9 Å². The van der Waals surface area contributed by atoms with Crippen molar-refractivity contribution >= 4 is 52.8 Å². The molecular formula is C22H19N3O7S. The van der Waals surface area contributed by atoms with Crippen LogP contribution in [0.1, 0.15) is 22.8 Å². The van der Waals surface area contributed by atoms with Crippen molar-refractivity contribution in [2.24, 2.45) is 5.73 Å². The predicted molar refractivity (Wildman–Crippen MR) is 122 cm³/mol. The fraction of sp³-hybridized carbons (Fsp3) is 0.136. The third-order valence-corrected chi connectivity index (χ3v) is 4.69. The number of carboxylic acids is 1. The number of nitrogens with zero attached hydrogens (tertiary/aromatic N) is 1. The van der Waals surface area contributed by atoms with Crippen LogP contribution in [0, 0.1) is 0 Å². The predicted octanol–water partition coefficient (Wildman–Crippen LogP) is 1.48. The molecule has 0 aromatic heterocycles. The number of carbonyl (C=O) groups excluding carboxylic acids is 3. The van der Waals surface area contributed by atoms with Crippen molar-refractivity contribution in [2.75, 3.05) is 18.1 Å². The Morgan fingerprint density at radius 1 is 1.15 bits per heavy atom. The standard InChI is InChI=1S/C22H19N3O7S/c1-2-31-17-9-12(6-7-16(17)32-11-18(23)26)8-15-19(27)24-22(33)25(20(15)28)14-5-3-4-13(10-14)21(29)30/h3-10H,2,11H2,1H3,(H2,23,26)(H,29,30)(H,24,27,33). The molecule has 2 aromatic rings. The normalized spacial score (nSPS) is 14.8. The van der Waals surface area contributed by atoms with Crippen molar-refractivity contribution in [1.82, 2.24) is 5.32 Å². The Morgan fingerprint density at radius 3 is 2.58 bits per heavy atom. The number of carboxylic acid groups (broad SMARTS) is 1. The molecule has 0 radical (unpaired) electrons. The number of carbonyl (C=O) groups is 4. The van der Waals surface area contributed by atoms with Crippen LogP contribution in [0.2, 0.25) is 0 Å². The summed E-state index contributed by atoms with van der Waals surface area (Å²) in [6, 6.07) is 10.2. The zero-order chi connectivity index (χ0) is 24.1. The topological polar surface area (TPSA) is 148 Å². The Hall–Kier alpha value is -4.25. The van der Waals surface area contributed by atoms with Crippen molar-refractivity contribution in [3.05, 3.63) is 59.2 Å². The monoisotopic (exact) mass is 469 g/mol. The third kappa shape index (κ3) is 5.33. The lowest BCUT2D eigenvalue weighted by Crippen LogP contribution is -2.54. The molecule has 0 saturated carbocycles. The minimum atomic E-state index is -1.17. The Labute approximate surface area is 193 Å². The van der Waals surface area contributed by atoms with E-state index in [2.05, 4.69) is 5.32 Å². The van der Waals surface area contributed by atoms with Gasteiger partial charge >= 0.3 is 5.97 Å². The number of primary amides is 1. The summed E-state index contributed by atoms with van der Waals surface area (Å²) in [4.78, 5) is 49.0. The molecule has 4 N–H and O–H groups in total. The van der Waals surface area contributed by atoms with E-state index in [-0.39, 0.29) is 34.3 Å². The second-order valence-corrected chi connectivity index (χ2v) is 7.09. The average Bonchev–Trinajstić information content (AvgIpc) is 2.76. The van der Waals surface area contributed by atoms with Gasteiger partial charge in [0.15, 0.2) is 23.2 Å². The Morgan fingerprint density at radius 2 is 1.91 bits per heavy atom. The summed E-state index contributed by atoms with van der Waals surface area (Å²) in [5.74, 6) is -2.70. The molecule has 33 heavy (non-hydrogen) atoms. The number of hydrogen-bond donors (Lipinski definition) is 3. The molecule has 2 aromatic carbocycles. The number of thiocarbonyl (C=S) groups is 1. The summed E-state index contributed by atoms with van der Waals surface area (Å²) in [5, 5.41) is 11.5. The van der Waals surface area contributed by atoms with Crippen LogP contribution in [-0.2, 0) is 14.4 Å². The lowest BCUT2D eigenvalue weighted by molar-refractivity contribution is -0.122. The van der Waals surface area contributed by atoms with E-state index in [1.807, 2.05) is 0 Å².